The van der Waals surface area contributed by atoms with Gasteiger partial charge in [0.05, 0.1) is 13.2 Å². The number of benzene rings is 1. The third-order valence-electron chi connectivity index (χ3n) is 3.50. The summed E-state index contributed by atoms with van der Waals surface area (Å²) in [4.78, 5) is 11.1. The summed E-state index contributed by atoms with van der Waals surface area (Å²) in [6.45, 7) is 5.08. The van der Waals surface area contributed by atoms with Gasteiger partial charge >= 0.3 is 0 Å². The average molecular weight is 300 g/mol. The van der Waals surface area contributed by atoms with E-state index in [1.807, 2.05) is 30.3 Å². The molecule has 0 aliphatic carbocycles. The first kappa shape index (κ1) is 14.6. The minimum Gasteiger partial charge on any atom is -0.378 e. The van der Waals surface area contributed by atoms with Crippen molar-refractivity contribution >= 4 is 23.3 Å². The number of nitrogen functional groups attached to an aromatic ring is 1. The van der Waals surface area contributed by atoms with Crippen molar-refractivity contribution in [3.63, 3.8) is 0 Å². The molecule has 0 unspecified atom stereocenters. The van der Waals surface area contributed by atoms with E-state index in [1.165, 1.54) is 5.56 Å². The molecule has 7 nitrogen and oxygen atoms in total. The van der Waals surface area contributed by atoms with Crippen molar-refractivity contribution in [3.8, 4) is 0 Å². The number of ether oxygens (including phenoxy) is 1. The predicted octanol–water partition coefficient (Wildman–Crippen LogP) is 1.65. The van der Waals surface area contributed by atoms with Crippen LogP contribution >= 0.6 is 0 Å². The van der Waals surface area contributed by atoms with Gasteiger partial charge in [-0.05, 0) is 19.1 Å². The number of rotatable bonds is 4. The summed E-state index contributed by atoms with van der Waals surface area (Å²) in [6, 6.07) is 9.91. The summed E-state index contributed by atoms with van der Waals surface area (Å²) in [5, 5.41) is 3.21. The second-order valence-electron chi connectivity index (χ2n) is 5.17. The molecule has 1 aliphatic heterocycles. The van der Waals surface area contributed by atoms with Crippen LogP contribution in [0.4, 0.5) is 23.3 Å². The van der Waals surface area contributed by atoms with Gasteiger partial charge in [-0.15, -0.1) is 0 Å². The van der Waals surface area contributed by atoms with Gasteiger partial charge in [-0.2, -0.15) is 9.97 Å². The van der Waals surface area contributed by atoms with Crippen LogP contribution in [-0.2, 0) is 4.74 Å². The molecule has 116 valence electrons. The Morgan fingerprint density at radius 3 is 2.55 bits per heavy atom. The van der Waals surface area contributed by atoms with Gasteiger partial charge < -0.3 is 20.4 Å². The molecular weight excluding hydrogens is 280 g/mol. The second kappa shape index (κ2) is 6.59. The zero-order valence-electron chi connectivity index (χ0n) is 12.5. The molecule has 1 aromatic carbocycles. The summed E-state index contributed by atoms with van der Waals surface area (Å²) in [6.07, 6.45) is 0. The Bertz CT molecular complexity index is 624. The topological polar surface area (TPSA) is 88.3 Å². The van der Waals surface area contributed by atoms with Crippen molar-refractivity contribution in [1.29, 1.82) is 0 Å². The SMILES string of the molecule is Cc1ccc(Nc2nc(NN)cc(N3CCOCC3)n2)cc1. The lowest BCUT2D eigenvalue weighted by molar-refractivity contribution is 0.122. The number of nitrogens with zero attached hydrogens (tertiary/aromatic N) is 3. The van der Waals surface area contributed by atoms with Crippen LogP contribution in [0.5, 0.6) is 0 Å². The first-order valence-electron chi connectivity index (χ1n) is 7.27. The van der Waals surface area contributed by atoms with Crippen LogP contribution in [0.3, 0.4) is 0 Å². The normalized spacial score (nSPS) is 14.7. The molecule has 2 heterocycles. The highest BCUT2D eigenvalue weighted by Crippen LogP contribution is 2.21. The van der Waals surface area contributed by atoms with E-state index in [0.717, 1.165) is 24.6 Å². The number of aryl methyl sites for hydroxylation is 1. The summed E-state index contributed by atoms with van der Waals surface area (Å²) in [5.41, 5.74) is 4.74. The maximum absolute atomic E-state index is 5.52. The molecule has 22 heavy (non-hydrogen) atoms. The van der Waals surface area contributed by atoms with E-state index in [0.29, 0.717) is 25.0 Å². The van der Waals surface area contributed by atoms with E-state index in [-0.39, 0.29) is 0 Å². The number of morpholine rings is 1. The Balaban J connectivity index is 1.84. The van der Waals surface area contributed by atoms with E-state index >= 15 is 0 Å². The van der Waals surface area contributed by atoms with E-state index in [4.69, 9.17) is 10.6 Å². The smallest absolute Gasteiger partial charge is 0.231 e. The molecule has 0 atom stereocenters. The number of anilines is 4. The van der Waals surface area contributed by atoms with E-state index in [9.17, 15) is 0 Å². The van der Waals surface area contributed by atoms with Gasteiger partial charge in [0, 0.05) is 24.8 Å². The van der Waals surface area contributed by atoms with Crippen molar-refractivity contribution < 1.29 is 4.74 Å². The van der Waals surface area contributed by atoms with Gasteiger partial charge in [0.1, 0.15) is 11.6 Å². The molecular formula is C15H20N6O. The molecule has 1 fully saturated rings. The molecule has 0 amide bonds. The third kappa shape index (κ3) is 3.44. The Kier molecular flexibility index (Phi) is 4.36. The van der Waals surface area contributed by atoms with Crippen molar-refractivity contribution in [1.82, 2.24) is 9.97 Å². The van der Waals surface area contributed by atoms with Crippen LogP contribution < -0.4 is 21.5 Å². The standard InChI is InChI=1S/C15H20N6O/c1-11-2-4-12(5-3-11)17-15-18-13(20-16)10-14(19-15)21-6-8-22-9-7-21/h2-5,10H,6-9,16H2,1H3,(H2,17,18,19,20). The third-order valence-corrected chi connectivity index (χ3v) is 3.50. The van der Waals surface area contributed by atoms with Crippen LogP contribution in [0, 0.1) is 6.92 Å². The van der Waals surface area contributed by atoms with Crippen LogP contribution in [0.25, 0.3) is 0 Å². The first-order chi connectivity index (χ1) is 10.7. The Morgan fingerprint density at radius 1 is 1.14 bits per heavy atom. The maximum Gasteiger partial charge on any atom is 0.231 e. The van der Waals surface area contributed by atoms with Gasteiger partial charge in [-0.25, -0.2) is 5.84 Å². The van der Waals surface area contributed by atoms with Gasteiger partial charge in [-0.3, -0.25) is 0 Å². The Morgan fingerprint density at radius 2 is 1.86 bits per heavy atom. The van der Waals surface area contributed by atoms with Gasteiger partial charge in [0.15, 0.2) is 0 Å². The molecule has 0 radical (unpaired) electrons. The fourth-order valence-electron chi connectivity index (χ4n) is 2.28. The van der Waals surface area contributed by atoms with Crippen LogP contribution in [0.15, 0.2) is 30.3 Å². The van der Waals surface area contributed by atoms with Crippen molar-refractivity contribution in [3.05, 3.63) is 35.9 Å². The Labute approximate surface area is 129 Å². The number of nitrogens with one attached hydrogen (secondary N) is 2. The Hall–Kier alpha value is -2.38. The predicted molar refractivity (Wildman–Crippen MR) is 87.3 cm³/mol. The lowest BCUT2D eigenvalue weighted by Crippen LogP contribution is -2.37. The highest BCUT2D eigenvalue weighted by atomic mass is 16.5. The highest BCUT2D eigenvalue weighted by molar-refractivity contribution is 5.59. The summed E-state index contributed by atoms with van der Waals surface area (Å²) >= 11 is 0. The molecule has 0 bridgehead atoms. The quantitative estimate of drug-likeness (QED) is 0.584. The number of nitrogens with two attached hydrogens (primary N) is 1. The number of aromatic nitrogens is 2. The number of hydrogen-bond acceptors (Lipinski definition) is 7. The summed E-state index contributed by atoms with van der Waals surface area (Å²) in [5.74, 6) is 7.44. The van der Waals surface area contributed by atoms with Crippen molar-refractivity contribution in [2.24, 2.45) is 5.84 Å². The van der Waals surface area contributed by atoms with E-state index < -0.39 is 0 Å². The molecule has 1 aliphatic rings. The molecule has 1 aromatic heterocycles. The van der Waals surface area contributed by atoms with E-state index in [1.54, 1.807) is 0 Å². The zero-order chi connectivity index (χ0) is 15.4. The van der Waals surface area contributed by atoms with Crippen molar-refractivity contribution in [2.75, 3.05) is 41.9 Å². The number of hydrazine groups is 1. The molecule has 0 saturated carbocycles. The minimum absolute atomic E-state index is 0.515. The maximum atomic E-state index is 5.52. The fourth-order valence-corrected chi connectivity index (χ4v) is 2.28. The molecule has 3 rings (SSSR count). The largest absolute Gasteiger partial charge is 0.378 e. The zero-order valence-corrected chi connectivity index (χ0v) is 12.5. The lowest BCUT2D eigenvalue weighted by atomic mass is 10.2. The average Bonchev–Trinajstić information content (AvgIpc) is 2.57. The first-order valence-corrected chi connectivity index (χ1v) is 7.27. The monoisotopic (exact) mass is 300 g/mol. The molecule has 7 heteroatoms. The molecule has 4 N–H and O–H groups in total. The van der Waals surface area contributed by atoms with Gasteiger partial charge in [0.2, 0.25) is 5.95 Å². The van der Waals surface area contributed by atoms with Crippen molar-refractivity contribution in [2.45, 2.75) is 6.92 Å². The highest BCUT2D eigenvalue weighted by Gasteiger charge is 2.15. The summed E-state index contributed by atoms with van der Waals surface area (Å²) in [7, 11) is 0. The number of hydrogen-bond donors (Lipinski definition) is 3. The minimum atomic E-state index is 0.515. The molecule has 2 aromatic rings. The van der Waals surface area contributed by atoms with E-state index in [2.05, 4.69) is 32.5 Å². The van der Waals surface area contributed by atoms with Crippen LogP contribution in [0.1, 0.15) is 5.56 Å². The van der Waals surface area contributed by atoms with Crippen LogP contribution in [0.2, 0.25) is 0 Å². The molecule has 1 saturated heterocycles. The van der Waals surface area contributed by atoms with Gasteiger partial charge in [0.25, 0.3) is 0 Å². The summed E-state index contributed by atoms with van der Waals surface area (Å²) < 4.78 is 5.37. The molecule has 0 spiro atoms. The second-order valence-corrected chi connectivity index (χ2v) is 5.17. The van der Waals surface area contributed by atoms with Crippen LogP contribution in [-0.4, -0.2) is 36.3 Å². The lowest BCUT2D eigenvalue weighted by Gasteiger charge is -2.28. The fraction of sp³-hybridized carbons (Fsp3) is 0.333. The van der Waals surface area contributed by atoms with Gasteiger partial charge in [-0.1, -0.05) is 17.7 Å².